The van der Waals surface area contributed by atoms with Gasteiger partial charge in [0.15, 0.2) is 12.4 Å². The van der Waals surface area contributed by atoms with E-state index in [9.17, 15) is 14.4 Å². The van der Waals surface area contributed by atoms with Gasteiger partial charge in [0.25, 0.3) is 5.91 Å². The average molecular weight is 304 g/mol. The number of Topliss-reactive ketones (excluding diaryl/α,β-unsaturated/α-hetero) is 1. The molecule has 1 aromatic rings. The van der Waals surface area contributed by atoms with E-state index in [-0.39, 0.29) is 24.2 Å². The highest BCUT2D eigenvalue weighted by Gasteiger charge is 2.33. The molecule has 0 saturated carbocycles. The second-order valence-electron chi connectivity index (χ2n) is 5.26. The zero-order valence-electron chi connectivity index (χ0n) is 13.0. The van der Waals surface area contributed by atoms with E-state index >= 15 is 0 Å². The van der Waals surface area contributed by atoms with Crippen LogP contribution in [0.25, 0.3) is 0 Å². The summed E-state index contributed by atoms with van der Waals surface area (Å²) in [5.41, 5.74) is 0.936. The lowest BCUT2D eigenvalue weighted by Crippen LogP contribution is -2.51. The molecule has 1 aromatic carbocycles. The van der Waals surface area contributed by atoms with Crippen LogP contribution in [0.2, 0.25) is 0 Å². The number of amides is 2. The van der Waals surface area contributed by atoms with Crippen LogP contribution in [0.15, 0.2) is 18.2 Å². The number of hydrogen-bond acceptors (Lipinski definition) is 4. The van der Waals surface area contributed by atoms with Crippen LogP contribution in [0.4, 0.5) is 5.69 Å². The molecule has 1 unspecified atom stereocenters. The molecule has 0 aromatic heterocycles. The third-order valence-corrected chi connectivity index (χ3v) is 3.56. The number of benzene rings is 1. The number of nitrogens with zero attached hydrogens (tertiary/aromatic N) is 1. The molecule has 1 atom stereocenters. The lowest BCUT2D eigenvalue weighted by molar-refractivity contribution is -0.127. The first-order chi connectivity index (χ1) is 10.5. The van der Waals surface area contributed by atoms with E-state index in [0.29, 0.717) is 23.5 Å². The minimum absolute atomic E-state index is 0.108. The van der Waals surface area contributed by atoms with Crippen LogP contribution in [-0.2, 0) is 9.59 Å². The van der Waals surface area contributed by atoms with Crippen molar-refractivity contribution in [3.05, 3.63) is 23.8 Å². The maximum atomic E-state index is 12.2. The molecule has 1 aliphatic rings. The van der Waals surface area contributed by atoms with Gasteiger partial charge < -0.3 is 10.1 Å². The number of rotatable bonds is 5. The number of anilines is 1. The topological polar surface area (TPSA) is 75.7 Å². The number of carbonyl (C=O) groups is 3. The first-order valence-corrected chi connectivity index (χ1v) is 7.33. The summed E-state index contributed by atoms with van der Waals surface area (Å²) >= 11 is 0. The molecule has 0 bridgehead atoms. The third-order valence-electron chi connectivity index (χ3n) is 3.56. The van der Waals surface area contributed by atoms with Crippen molar-refractivity contribution >= 4 is 23.3 Å². The fourth-order valence-corrected chi connectivity index (χ4v) is 2.33. The highest BCUT2D eigenvalue weighted by atomic mass is 16.5. The van der Waals surface area contributed by atoms with Gasteiger partial charge in [0.1, 0.15) is 11.8 Å². The van der Waals surface area contributed by atoms with Crippen molar-refractivity contribution in [2.45, 2.75) is 33.2 Å². The monoisotopic (exact) mass is 304 g/mol. The molecule has 6 nitrogen and oxygen atoms in total. The Morgan fingerprint density at radius 1 is 1.41 bits per heavy atom. The normalized spacial score (nSPS) is 14.9. The van der Waals surface area contributed by atoms with Crippen molar-refractivity contribution in [1.82, 2.24) is 5.32 Å². The molecule has 22 heavy (non-hydrogen) atoms. The van der Waals surface area contributed by atoms with Crippen LogP contribution in [0.3, 0.4) is 0 Å². The molecule has 118 valence electrons. The molecule has 2 rings (SSSR count). The third kappa shape index (κ3) is 3.10. The second-order valence-corrected chi connectivity index (χ2v) is 5.26. The minimum atomic E-state index is -0.663. The molecular weight excluding hydrogens is 284 g/mol. The van der Waals surface area contributed by atoms with E-state index in [1.807, 2.05) is 6.92 Å². The molecule has 0 aliphatic carbocycles. The van der Waals surface area contributed by atoms with Gasteiger partial charge in [-0.3, -0.25) is 19.3 Å². The lowest BCUT2D eigenvalue weighted by atomic mass is 10.1. The van der Waals surface area contributed by atoms with E-state index in [1.54, 1.807) is 25.1 Å². The van der Waals surface area contributed by atoms with Crippen LogP contribution in [0.1, 0.15) is 37.6 Å². The summed E-state index contributed by atoms with van der Waals surface area (Å²) in [6, 6.07) is 4.24. The van der Waals surface area contributed by atoms with Crippen molar-refractivity contribution < 1.29 is 19.1 Å². The molecule has 0 fully saturated rings. The van der Waals surface area contributed by atoms with Gasteiger partial charge in [0.2, 0.25) is 5.91 Å². The molecular formula is C16H20N2O4. The van der Waals surface area contributed by atoms with Crippen molar-refractivity contribution in [3.63, 3.8) is 0 Å². The SMILES string of the molecule is CCCNC(=O)C(C)N1C(=O)COc2ccc(C(C)=O)cc21. The molecule has 0 radical (unpaired) electrons. The first kappa shape index (κ1) is 16.0. The second kappa shape index (κ2) is 6.60. The highest BCUT2D eigenvalue weighted by Crippen LogP contribution is 2.34. The van der Waals surface area contributed by atoms with Crippen LogP contribution in [0.5, 0.6) is 5.75 Å². The zero-order valence-corrected chi connectivity index (χ0v) is 13.0. The maximum absolute atomic E-state index is 12.2. The molecule has 0 spiro atoms. The number of ketones is 1. The van der Waals surface area contributed by atoms with Gasteiger partial charge in [0, 0.05) is 12.1 Å². The lowest BCUT2D eigenvalue weighted by Gasteiger charge is -2.33. The van der Waals surface area contributed by atoms with E-state index in [2.05, 4.69) is 5.32 Å². The van der Waals surface area contributed by atoms with Gasteiger partial charge in [-0.05, 0) is 38.5 Å². The Bertz CT molecular complexity index is 612. The Balaban J connectivity index is 2.35. The summed E-state index contributed by atoms with van der Waals surface area (Å²) in [5, 5.41) is 2.78. The largest absolute Gasteiger partial charge is 0.482 e. The van der Waals surface area contributed by atoms with E-state index < -0.39 is 6.04 Å². The van der Waals surface area contributed by atoms with Crippen LogP contribution >= 0.6 is 0 Å². The van der Waals surface area contributed by atoms with E-state index in [0.717, 1.165) is 6.42 Å². The molecule has 1 heterocycles. The van der Waals surface area contributed by atoms with Crippen LogP contribution in [-0.4, -0.2) is 36.8 Å². The van der Waals surface area contributed by atoms with Crippen molar-refractivity contribution in [1.29, 1.82) is 0 Å². The van der Waals surface area contributed by atoms with Gasteiger partial charge in [-0.2, -0.15) is 0 Å². The molecule has 1 N–H and O–H groups in total. The summed E-state index contributed by atoms with van der Waals surface area (Å²) in [6.07, 6.45) is 0.820. The Kier molecular flexibility index (Phi) is 4.80. The summed E-state index contributed by atoms with van der Waals surface area (Å²) in [6.45, 7) is 5.52. The van der Waals surface area contributed by atoms with Gasteiger partial charge in [-0.1, -0.05) is 6.92 Å². The predicted octanol–water partition coefficient (Wildman–Crippen LogP) is 1.53. The standard InChI is InChI=1S/C16H20N2O4/c1-4-7-17-16(21)10(2)18-13-8-12(11(3)19)5-6-14(13)22-9-15(18)20/h5-6,8,10H,4,7,9H2,1-3H3,(H,17,21). The van der Waals surface area contributed by atoms with Crippen LogP contribution in [0, 0.1) is 0 Å². The quantitative estimate of drug-likeness (QED) is 0.837. The summed E-state index contributed by atoms with van der Waals surface area (Å²) < 4.78 is 5.38. The Hall–Kier alpha value is -2.37. The van der Waals surface area contributed by atoms with Crippen molar-refractivity contribution in [2.75, 3.05) is 18.1 Å². The minimum Gasteiger partial charge on any atom is -0.482 e. The fraction of sp³-hybridized carbons (Fsp3) is 0.438. The Labute approximate surface area is 129 Å². The predicted molar refractivity (Wildman–Crippen MR) is 82.2 cm³/mol. The zero-order chi connectivity index (χ0) is 16.3. The molecule has 0 saturated heterocycles. The fourth-order valence-electron chi connectivity index (χ4n) is 2.33. The highest BCUT2D eigenvalue weighted by molar-refractivity contribution is 6.05. The molecule has 1 aliphatic heterocycles. The van der Waals surface area contributed by atoms with Gasteiger partial charge in [0.05, 0.1) is 5.69 Å². The smallest absolute Gasteiger partial charge is 0.265 e. The Morgan fingerprint density at radius 3 is 2.77 bits per heavy atom. The van der Waals surface area contributed by atoms with E-state index in [4.69, 9.17) is 4.74 Å². The average Bonchev–Trinajstić information content (AvgIpc) is 2.51. The number of fused-ring (bicyclic) bond motifs is 1. The van der Waals surface area contributed by atoms with Crippen molar-refractivity contribution in [2.24, 2.45) is 0 Å². The van der Waals surface area contributed by atoms with Gasteiger partial charge in [-0.25, -0.2) is 0 Å². The van der Waals surface area contributed by atoms with E-state index in [1.165, 1.54) is 11.8 Å². The maximum Gasteiger partial charge on any atom is 0.265 e. The number of ether oxygens (including phenoxy) is 1. The van der Waals surface area contributed by atoms with Crippen LogP contribution < -0.4 is 15.0 Å². The summed E-state index contributed by atoms with van der Waals surface area (Å²) in [7, 11) is 0. The number of hydrogen-bond donors (Lipinski definition) is 1. The van der Waals surface area contributed by atoms with Crippen molar-refractivity contribution in [3.8, 4) is 5.75 Å². The number of nitrogens with one attached hydrogen (secondary N) is 1. The molecule has 6 heteroatoms. The molecule has 2 amide bonds. The van der Waals surface area contributed by atoms with Gasteiger partial charge >= 0.3 is 0 Å². The van der Waals surface area contributed by atoms with Gasteiger partial charge in [-0.15, -0.1) is 0 Å². The summed E-state index contributed by atoms with van der Waals surface area (Å²) in [4.78, 5) is 37.3. The summed E-state index contributed by atoms with van der Waals surface area (Å²) in [5.74, 6) is -0.132. The number of carbonyl (C=O) groups excluding carboxylic acids is 3. The Morgan fingerprint density at radius 2 is 2.14 bits per heavy atom. The first-order valence-electron chi connectivity index (χ1n) is 7.33.